The fraction of sp³-hybridized carbons (Fsp3) is 0.423. The number of likely N-dealkylation sites (tertiary alicyclic amines) is 1. The summed E-state index contributed by atoms with van der Waals surface area (Å²) in [6.07, 6.45) is 4.47. The Hall–Kier alpha value is -3.04. The lowest BCUT2D eigenvalue weighted by atomic mass is 9.97. The number of sulfonamides is 1. The Balaban J connectivity index is 1.15. The summed E-state index contributed by atoms with van der Waals surface area (Å²) >= 11 is 0. The van der Waals surface area contributed by atoms with Crippen LogP contribution in [0.1, 0.15) is 48.8 Å². The number of carbonyl (C=O) groups is 3. The first-order valence-corrected chi connectivity index (χ1v) is 13.6. The van der Waals surface area contributed by atoms with Crippen LogP contribution < -0.4 is 5.32 Å². The van der Waals surface area contributed by atoms with Gasteiger partial charge in [-0.25, -0.2) is 8.42 Å². The Morgan fingerprint density at radius 3 is 2.23 bits per heavy atom. The van der Waals surface area contributed by atoms with Crippen molar-refractivity contribution in [1.29, 1.82) is 0 Å². The largest absolute Gasteiger partial charge is 0.326 e. The highest BCUT2D eigenvalue weighted by Crippen LogP contribution is 2.29. The fourth-order valence-electron chi connectivity index (χ4n) is 5.14. The van der Waals surface area contributed by atoms with Crippen molar-refractivity contribution in [3.05, 3.63) is 59.2 Å². The highest BCUT2D eigenvalue weighted by molar-refractivity contribution is 7.89. The van der Waals surface area contributed by atoms with Crippen LogP contribution in [0.25, 0.3) is 0 Å². The van der Waals surface area contributed by atoms with Crippen molar-refractivity contribution in [2.45, 2.75) is 56.4 Å². The summed E-state index contributed by atoms with van der Waals surface area (Å²) < 4.78 is 27.8. The van der Waals surface area contributed by atoms with Gasteiger partial charge >= 0.3 is 0 Å². The highest BCUT2D eigenvalue weighted by atomic mass is 32.2. The Bertz CT molecular complexity index is 1250. The van der Waals surface area contributed by atoms with Crippen LogP contribution in [0.2, 0.25) is 0 Å². The second-order valence-corrected chi connectivity index (χ2v) is 11.5. The first kappa shape index (κ1) is 23.7. The maximum absolute atomic E-state index is 13.1. The zero-order valence-electron chi connectivity index (χ0n) is 19.5. The van der Waals surface area contributed by atoms with Crippen LogP contribution in [-0.4, -0.2) is 48.4 Å². The van der Waals surface area contributed by atoms with E-state index in [0.29, 0.717) is 36.5 Å². The van der Waals surface area contributed by atoms with E-state index < -0.39 is 10.0 Å². The third-order valence-corrected chi connectivity index (χ3v) is 9.14. The molecule has 5 rings (SSSR count). The molecular formula is C26H29N3O5S. The predicted octanol–water partition coefficient (Wildman–Crippen LogP) is 2.86. The molecule has 35 heavy (non-hydrogen) atoms. The minimum absolute atomic E-state index is 0.128. The summed E-state index contributed by atoms with van der Waals surface area (Å²) in [4.78, 5) is 38.0. The summed E-state index contributed by atoms with van der Waals surface area (Å²) in [5.74, 6) is -0.702. The van der Waals surface area contributed by atoms with Crippen LogP contribution in [0, 0.1) is 5.92 Å². The lowest BCUT2D eigenvalue weighted by Crippen LogP contribution is -2.41. The fourth-order valence-corrected chi connectivity index (χ4v) is 6.66. The average molecular weight is 496 g/mol. The lowest BCUT2D eigenvalue weighted by molar-refractivity contribution is -0.139. The van der Waals surface area contributed by atoms with Gasteiger partial charge in [0.05, 0.1) is 11.4 Å². The number of fused-ring (bicyclic) bond motifs is 1. The van der Waals surface area contributed by atoms with Gasteiger partial charge in [0.25, 0.3) is 0 Å². The number of nitrogens with one attached hydrogen (secondary N) is 1. The van der Waals surface area contributed by atoms with Crippen LogP contribution in [0.4, 0.5) is 5.69 Å². The van der Waals surface area contributed by atoms with E-state index in [0.717, 1.165) is 30.4 Å². The summed E-state index contributed by atoms with van der Waals surface area (Å²) in [6, 6.07) is 12.5. The van der Waals surface area contributed by atoms with Crippen LogP contribution in [0.5, 0.6) is 0 Å². The standard InChI is InChI=1S/C26H29N3O5S/c30-24-10-11-25(31)29(24)17-18-4-7-22(8-5-18)27-26(32)20-12-14-28(15-13-20)35(33,34)23-9-6-19-2-1-3-21(19)16-23/h4-9,16,20H,1-3,10-15,17H2,(H,27,32). The number of amides is 3. The van der Waals surface area contributed by atoms with Gasteiger partial charge in [-0.3, -0.25) is 19.3 Å². The quantitative estimate of drug-likeness (QED) is 0.621. The molecule has 3 aliphatic rings. The molecule has 0 saturated carbocycles. The smallest absolute Gasteiger partial charge is 0.243 e. The van der Waals surface area contributed by atoms with E-state index in [1.165, 1.54) is 14.8 Å². The van der Waals surface area contributed by atoms with E-state index >= 15 is 0 Å². The minimum atomic E-state index is -3.56. The summed E-state index contributed by atoms with van der Waals surface area (Å²) in [7, 11) is -3.56. The Kier molecular flexibility index (Phi) is 6.46. The molecular weight excluding hydrogens is 466 g/mol. The van der Waals surface area contributed by atoms with Gasteiger partial charge in [-0.2, -0.15) is 4.31 Å². The zero-order valence-corrected chi connectivity index (χ0v) is 20.4. The summed E-state index contributed by atoms with van der Waals surface area (Å²) in [5, 5.41) is 2.91. The molecule has 0 bridgehead atoms. The number of rotatable bonds is 6. The minimum Gasteiger partial charge on any atom is -0.326 e. The normalized spacial score (nSPS) is 19.3. The molecule has 2 saturated heterocycles. The van der Waals surface area contributed by atoms with E-state index in [-0.39, 0.29) is 43.0 Å². The van der Waals surface area contributed by atoms with E-state index in [2.05, 4.69) is 5.32 Å². The lowest BCUT2D eigenvalue weighted by Gasteiger charge is -2.30. The molecule has 0 radical (unpaired) electrons. The Morgan fingerprint density at radius 2 is 1.54 bits per heavy atom. The van der Waals surface area contributed by atoms with E-state index in [1.807, 2.05) is 12.1 Å². The number of anilines is 1. The maximum Gasteiger partial charge on any atom is 0.243 e. The Morgan fingerprint density at radius 1 is 0.886 bits per heavy atom. The van der Waals surface area contributed by atoms with Crippen LogP contribution in [0.15, 0.2) is 47.4 Å². The van der Waals surface area contributed by atoms with Crippen molar-refractivity contribution >= 4 is 33.4 Å². The van der Waals surface area contributed by atoms with Crippen molar-refractivity contribution in [2.24, 2.45) is 5.92 Å². The average Bonchev–Trinajstić information content (AvgIpc) is 3.46. The number of hydrogen-bond acceptors (Lipinski definition) is 5. The number of imide groups is 1. The molecule has 2 aromatic carbocycles. The van der Waals surface area contributed by atoms with Crippen molar-refractivity contribution < 1.29 is 22.8 Å². The molecule has 2 fully saturated rings. The van der Waals surface area contributed by atoms with Crippen molar-refractivity contribution in [1.82, 2.24) is 9.21 Å². The monoisotopic (exact) mass is 495 g/mol. The second kappa shape index (κ2) is 9.54. The molecule has 2 heterocycles. The van der Waals surface area contributed by atoms with Crippen molar-refractivity contribution in [2.75, 3.05) is 18.4 Å². The topological polar surface area (TPSA) is 104 Å². The van der Waals surface area contributed by atoms with E-state index in [9.17, 15) is 22.8 Å². The molecule has 2 aliphatic heterocycles. The number of carbonyl (C=O) groups excluding carboxylic acids is 3. The third-order valence-electron chi connectivity index (χ3n) is 7.25. The molecule has 3 amide bonds. The first-order valence-electron chi connectivity index (χ1n) is 12.2. The molecule has 1 aliphatic carbocycles. The third kappa shape index (κ3) is 4.88. The number of nitrogens with zero attached hydrogens (tertiary/aromatic N) is 2. The number of aryl methyl sites for hydroxylation is 2. The molecule has 0 unspecified atom stereocenters. The zero-order chi connectivity index (χ0) is 24.6. The Labute approximate surface area is 205 Å². The highest BCUT2D eigenvalue weighted by Gasteiger charge is 2.33. The van der Waals surface area contributed by atoms with Crippen LogP contribution >= 0.6 is 0 Å². The molecule has 1 N–H and O–H groups in total. The summed E-state index contributed by atoms with van der Waals surface area (Å²) in [6.45, 7) is 0.867. The van der Waals surface area contributed by atoms with Gasteiger partial charge in [-0.1, -0.05) is 18.2 Å². The number of piperidine rings is 1. The van der Waals surface area contributed by atoms with Crippen LogP contribution in [-0.2, 0) is 43.8 Å². The molecule has 0 aromatic heterocycles. The molecule has 0 spiro atoms. The first-order chi connectivity index (χ1) is 16.8. The van der Waals surface area contributed by atoms with Crippen molar-refractivity contribution in [3.8, 4) is 0 Å². The maximum atomic E-state index is 13.1. The van der Waals surface area contributed by atoms with Gasteiger partial charge in [0.1, 0.15) is 0 Å². The second-order valence-electron chi connectivity index (χ2n) is 9.52. The molecule has 0 atom stereocenters. The van der Waals surface area contributed by atoms with Crippen LogP contribution in [0.3, 0.4) is 0 Å². The number of benzene rings is 2. The summed E-state index contributed by atoms with van der Waals surface area (Å²) in [5.41, 5.74) is 3.82. The van der Waals surface area contributed by atoms with Gasteiger partial charge in [0.15, 0.2) is 0 Å². The van der Waals surface area contributed by atoms with Gasteiger partial charge in [0.2, 0.25) is 27.7 Å². The van der Waals surface area contributed by atoms with Gasteiger partial charge in [-0.05, 0) is 73.1 Å². The molecule has 2 aromatic rings. The molecule has 9 heteroatoms. The van der Waals surface area contributed by atoms with Gasteiger partial charge in [-0.15, -0.1) is 0 Å². The molecule has 184 valence electrons. The van der Waals surface area contributed by atoms with Crippen molar-refractivity contribution in [3.63, 3.8) is 0 Å². The number of hydrogen-bond donors (Lipinski definition) is 1. The molecule has 8 nitrogen and oxygen atoms in total. The van der Waals surface area contributed by atoms with Gasteiger partial charge in [0, 0.05) is 37.5 Å². The van der Waals surface area contributed by atoms with E-state index in [4.69, 9.17) is 0 Å². The van der Waals surface area contributed by atoms with Gasteiger partial charge < -0.3 is 5.32 Å². The SMILES string of the molecule is O=C(Nc1ccc(CN2C(=O)CCC2=O)cc1)C1CCN(S(=O)(=O)c2ccc3c(c2)CCC3)CC1. The predicted molar refractivity (Wildman–Crippen MR) is 130 cm³/mol. The van der Waals surface area contributed by atoms with E-state index in [1.54, 1.807) is 30.3 Å².